The molecule has 1 heterocycles. The Morgan fingerprint density at radius 1 is 1.28 bits per heavy atom. The maximum Gasteiger partial charge on any atom is 0.0303 e. The molecule has 0 amide bonds. The fourth-order valence-corrected chi connectivity index (χ4v) is 3.02. The third-order valence-electron chi connectivity index (χ3n) is 4.52. The number of nitrogens with one attached hydrogen (secondary N) is 1. The van der Waals surface area contributed by atoms with E-state index in [2.05, 4.69) is 44.8 Å². The predicted octanol–water partition coefficient (Wildman–Crippen LogP) is 3.67. The van der Waals surface area contributed by atoms with E-state index in [0.717, 1.165) is 12.5 Å². The highest BCUT2D eigenvalue weighted by atomic mass is 15.3. The van der Waals surface area contributed by atoms with E-state index in [1.807, 2.05) is 0 Å². The van der Waals surface area contributed by atoms with Gasteiger partial charge < -0.3 is 5.32 Å². The fourth-order valence-electron chi connectivity index (χ4n) is 3.02. The molecule has 1 aliphatic heterocycles. The molecule has 2 heteroatoms. The van der Waals surface area contributed by atoms with E-state index in [1.165, 1.54) is 45.2 Å². The van der Waals surface area contributed by atoms with Crippen molar-refractivity contribution >= 4 is 0 Å². The van der Waals surface area contributed by atoms with E-state index < -0.39 is 0 Å². The van der Waals surface area contributed by atoms with Crippen LogP contribution >= 0.6 is 0 Å². The lowest BCUT2D eigenvalue weighted by Gasteiger charge is -2.48. The van der Waals surface area contributed by atoms with Crippen LogP contribution in [0.25, 0.3) is 0 Å². The van der Waals surface area contributed by atoms with Gasteiger partial charge in [0.2, 0.25) is 0 Å². The zero-order valence-electron chi connectivity index (χ0n) is 13.3. The summed E-state index contributed by atoms with van der Waals surface area (Å²) >= 11 is 0. The van der Waals surface area contributed by atoms with Crippen LogP contribution in [0.3, 0.4) is 0 Å². The van der Waals surface area contributed by atoms with Crippen LogP contribution < -0.4 is 5.32 Å². The maximum absolute atomic E-state index is 3.77. The largest absolute Gasteiger partial charge is 0.311 e. The standard InChI is InChI=1S/C16H34N2/c1-6-8-9-10-18-12-15(11-14(3)4)17-13-16(18,5)7-2/h14-15,17H,6-13H2,1-5H3. The molecule has 1 saturated heterocycles. The van der Waals surface area contributed by atoms with E-state index in [4.69, 9.17) is 0 Å². The molecule has 0 bridgehead atoms. The van der Waals surface area contributed by atoms with Crippen molar-refractivity contribution < 1.29 is 0 Å². The molecule has 1 fully saturated rings. The van der Waals surface area contributed by atoms with Crippen LogP contribution in [0.4, 0.5) is 0 Å². The normalized spacial score (nSPS) is 30.0. The summed E-state index contributed by atoms with van der Waals surface area (Å²) in [5.41, 5.74) is 0.376. The average molecular weight is 254 g/mol. The molecular formula is C16H34N2. The second-order valence-corrected chi connectivity index (χ2v) is 6.71. The molecule has 0 aromatic heterocycles. The van der Waals surface area contributed by atoms with Crippen molar-refractivity contribution in [2.24, 2.45) is 5.92 Å². The van der Waals surface area contributed by atoms with E-state index in [1.54, 1.807) is 0 Å². The molecule has 0 saturated carbocycles. The van der Waals surface area contributed by atoms with Gasteiger partial charge in [-0.05, 0) is 38.6 Å². The van der Waals surface area contributed by atoms with Crippen LogP contribution in [0, 0.1) is 5.92 Å². The summed E-state index contributed by atoms with van der Waals surface area (Å²) in [6.45, 7) is 15.4. The second-order valence-electron chi connectivity index (χ2n) is 6.71. The molecule has 1 aliphatic rings. The van der Waals surface area contributed by atoms with Crippen LogP contribution in [-0.4, -0.2) is 36.1 Å². The predicted molar refractivity (Wildman–Crippen MR) is 81.0 cm³/mol. The molecule has 2 nitrogen and oxygen atoms in total. The molecule has 0 aliphatic carbocycles. The molecule has 0 spiro atoms. The lowest BCUT2D eigenvalue weighted by molar-refractivity contribution is 0.0429. The lowest BCUT2D eigenvalue weighted by Crippen LogP contribution is -2.63. The number of unbranched alkanes of at least 4 members (excludes halogenated alkanes) is 2. The van der Waals surface area contributed by atoms with Crippen LogP contribution in [0.1, 0.15) is 66.7 Å². The molecule has 0 radical (unpaired) electrons. The highest BCUT2D eigenvalue weighted by Gasteiger charge is 2.35. The highest BCUT2D eigenvalue weighted by Crippen LogP contribution is 2.25. The molecular weight excluding hydrogens is 220 g/mol. The number of rotatable bonds is 7. The van der Waals surface area contributed by atoms with Crippen LogP contribution in [0.2, 0.25) is 0 Å². The van der Waals surface area contributed by atoms with Crippen molar-refractivity contribution in [3.63, 3.8) is 0 Å². The summed E-state index contributed by atoms with van der Waals surface area (Å²) in [6, 6.07) is 0.700. The third kappa shape index (κ3) is 4.55. The first kappa shape index (κ1) is 16.0. The lowest BCUT2D eigenvalue weighted by atomic mass is 9.89. The fraction of sp³-hybridized carbons (Fsp3) is 1.00. The minimum Gasteiger partial charge on any atom is -0.311 e. The summed E-state index contributed by atoms with van der Waals surface area (Å²) in [4.78, 5) is 2.76. The van der Waals surface area contributed by atoms with Crippen molar-refractivity contribution in [3.05, 3.63) is 0 Å². The van der Waals surface area contributed by atoms with Crippen LogP contribution in [0.5, 0.6) is 0 Å². The number of hydrogen-bond donors (Lipinski definition) is 1. The third-order valence-corrected chi connectivity index (χ3v) is 4.52. The summed E-state index contributed by atoms with van der Waals surface area (Å²) < 4.78 is 0. The Bertz CT molecular complexity index is 227. The Labute approximate surface area is 115 Å². The van der Waals surface area contributed by atoms with Crippen molar-refractivity contribution in [2.45, 2.75) is 78.3 Å². The minimum absolute atomic E-state index is 0.376. The Kier molecular flexibility index (Phi) is 6.65. The van der Waals surface area contributed by atoms with Crippen molar-refractivity contribution in [1.29, 1.82) is 0 Å². The maximum atomic E-state index is 3.77. The van der Waals surface area contributed by atoms with Gasteiger partial charge in [0, 0.05) is 24.7 Å². The van der Waals surface area contributed by atoms with E-state index in [-0.39, 0.29) is 0 Å². The molecule has 2 unspecified atom stereocenters. The van der Waals surface area contributed by atoms with E-state index >= 15 is 0 Å². The Morgan fingerprint density at radius 2 is 2.00 bits per heavy atom. The summed E-state index contributed by atoms with van der Waals surface area (Å²) in [5.74, 6) is 0.797. The van der Waals surface area contributed by atoms with Gasteiger partial charge in [0.05, 0.1) is 0 Å². The Balaban J connectivity index is 2.53. The molecule has 1 rings (SSSR count). The molecule has 0 aromatic carbocycles. The molecule has 0 aromatic rings. The van der Waals surface area contributed by atoms with Crippen molar-refractivity contribution in [3.8, 4) is 0 Å². The average Bonchev–Trinajstić information content (AvgIpc) is 2.33. The number of hydrogen-bond acceptors (Lipinski definition) is 2. The zero-order chi connectivity index (χ0) is 13.6. The van der Waals surface area contributed by atoms with Gasteiger partial charge >= 0.3 is 0 Å². The molecule has 1 N–H and O–H groups in total. The van der Waals surface area contributed by atoms with Gasteiger partial charge in [0.25, 0.3) is 0 Å². The van der Waals surface area contributed by atoms with Gasteiger partial charge in [-0.2, -0.15) is 0 Å². The van der Waals surface area contributed by atoms with Crippen molar-refractivity contribution in [2.75, 3.05) is 19.6 Å². The first-order valence-electron chi connectivity index (χ1n) is 8.00. The SMILES string of the molecule is CCCCCN1CC(CC(C)C)NCC1(C)CC. The monoisotopic (exact) mass is 254 g/mol. The van der Waals surface area contributed by atoms with Gasteiger partial charge in [0.1, 0.15) is 0 Å². The van der Waals surface area contributed by atoms with Gasteiger partial charge in [-0.15, -0.1) is 0 Å². The number of nitrogens with zero attached hydrogens (tertiary/aromatic N) is 1. The molecule has 2 atom stereocenters. The van der Waals surface area contributed by atoms with Gasteiger partial charge in [-0.1, -0.05) is 40.5 Å². The van der Waals surface area contributed by atoms with Crippen LogP contribution in [-0.2, 0) is 0 Å². The Morgan fingerprint density at radius 3 is 2.56 bits per heavy atom. The van der Waals surface area contributed by atoms with E-state index in [0.29, 0.717) is 11.6 Å². The van der Waals surface area contributed by atoms with Gasteiger partial charge in [0.15, 0.2) is 0 Å². The Hall–Kier alpha value is -0.0800. The van der Waals surface area contributed by atoms with Crippen LogP contribution in [0.15, 0.2) is 0 Å². The van der Waals surface area contributed by atoms with Crippen molar-refractivity contribution in [1.82, 2.24) is 10.2 Å². The first-order valence-corrected chi connectivity index (χ1v) is 8.00. The number of piperazine rings is 1. The molecule has 108 valence electrons. The molecule has 18 heavy (non-hydrogen) atoms. The van der Waals surface area contributed by atoms with E-state index in [9.17, 15) is 0 Å². The second kappa shape index (κ2) is 7.49. The topological polar surface area (TPSA) is 15.3 Å². The first-order chi connectivity index (χ1) is 8.51. The smallest absolute Gasteiger partial charge is 0.0303 e. The van der Waals surface area contributed by atoms with Gasteiger partial charge in [-0.3, -0.25) is 4.90 Å². The summed E-state index contributed by atoms with van der Waals surface area (Å²) in [7, 11) is 0. The minimum atomic E-state index is 0.376. The van der Waals surface area contributed by atoms with Gasteiger partial charge in [-0.25, -0.2) is 0 Å². The summed E-state index contributed by atoms with van der Waals surface area (Å²) in [6.07, 6.45) is 6.62. The highest BCUT2D eigenvalue weighted by molar-refractivity contribution is 4.95. The summed E-state index contributed by atoms with van der Waals surface area (Å²) in [5, 5.41) is 3.77. The zero-order valence-corrected chi connectivity index (χ0v) is 13.3. The quantitative estimate of drug-likeness (QED) is 0.697.